The summed E-state index contributed by atoms with van der Waals surface area (Å²) in [5.41, 5.74) is 2.33. The molecule has 0 aliphatic heterocycles. The molecule has 0 bridgehead atoms. The van der Waals surface area contributed by atoms with Crippen LogP contribution in [-0.2, 0) is 26.0 Å². The largest absolute Gasteiger partial charge is 0.347 e. The van der Waals surface area contributed by atoms with E-state index in [0.717, 1.165) is 11.1 Å². The van der Waals surface area contributed by atoms with E-state index in [1.54, 1.807) is 18.2 Å². The van der Waals surface area contributed by atoms with E-state index >= 15 is 0 Å². The van der Waals surface area contributed by atoms with E-state index < -0.39 is 21.8 Å². The first-order valence-electron chi connectivity index (χ1n) is 7.64. The fourth-order valence-corrected chi connectivity index (χ4v) is 3.25. The number of hydrogen-bond acceptors (Lipinski definition) is 4. The van der Waals surface area contributed by atoms with Gasteiger partial charge < -0.3 is 10.6 Å². The highest BCUT2D eigenvalue weighted by atomic mass is 79.9. The van der Waals surface area contributed by atoms with Gasteiger partial charge in [0.15, 0.2) is 0 Å². The van der Waals surface area contributed by atoms with Crippen LogP contribution >= 0.6 is 15.9 Å². The molecule has 2 amide bonds. The summed E-state index contributed by atoms with van der Waals surface area (Å²) in [6.45, 7) is 2.15. The molecule has 0 spiro atoms. The van der Waals surface area contributed by atoms with E-state index in [0.29, 0.717) is 16.6 Å². The van der Waals surface area contributed by atoms with Gasteiger partial charge in [-0.15, -0.1) is 0 Å². The Morgan fingerprint density at radius 2 is 1.73 bits per heavy atom. The molecule has 4 N–H and O–H groups in total. The van der Waals surface area contributed by atoms with Crippen molar-refractivity contribution in [3.05, 3.63) is 58.1 Å². The summed E-state index contributed by atoms with van der Waals surface area (Å²) >= 11 is 3.33. The van der Waals surface area contributed by atoms with Gasteiger partial charge in [0.05, 0.1) is 10.6 Å². The zero-order valence-corrected chi connectivity index (χ0v) is 16.4. The van der Waals surface area contributed by atoms with Crippen molar-refractivity contribution in [2.75, 3.05) is 11.9 Å². The summed E-state index contributed by atoms with van der Waals surface area (Å²) in [6, 6.07) is 11.4. The number of carbonyl (C=O) groups excluding carboxylic acids is 2. The number of benzene rings is 2. The maximum absolute atomic E-state index is 11.9. The maximum Gasteiger partial charge on any atom is 0.313 e. The molecule has 0 saturated heterocycles. The van der Waals surface area contributed by atoms with Crippen molar-refractivity contribution >= 4 is 43.5 Å². The normalized spacial score (nSPS) is 11.0. The molecule has 2 rings (SSSR count). The van der Waals surface area contributed by atoms with Gasteiger partial charge in [-0.05, 0) is 64.7 Å². The highest BCUT2D eigenvalue weighted by molar-refractivity contribution is 9.10. The molecule has 26 heavy (non-hydrogen) atoms. The number of carbonyl (C=O) groups is 2. The van der Waals surface area contributed by atoms with Crippen molar-refractivity contribution < 1.29 is 18.0 Å². The summed E-state index contributed by atoms with van der Waals surface area (Å²) in [5.74, 6) is -1.52. The van der Waals surface area contributed by atoms with Crippen molar-refractivity contribution in [1.82, 2.24) is 5.32 Å². The molecule has 0 heterocycles. The fraction of sp³-hybridized carbons (Fsp3) is 0.176. The topological polar surface area (TPSA) is 118 Å². The number of anilines is 1. The Morgan fingerprint density at radius 3 is 2.31 bits per heavy atom. The summed E-state index contributed by atoms with van der Waals surface area (Å²) in [5, 5.41) is 10.1. The Hall–Kier alpha value is -2.23. The lowest BCUT2D eigenvalue weighted by Crippen LogP contribution is -2.36. The molecule has 9 heteroatoms. The first-order chi connectivity index (χ1) is 12.2. The molecule has 0 aliphatic rings. The summed E-state index contributed by atoms with van der Waals surface area (Å²) in [6.07, 6.45) is 0.443. The zero-order valence-electron chi connectivity index (χ0n) is 14.0. The monoisotopic (exact) mass is 439 g/mol. The third-order valence-corrected chi connectivity index (χ3v) is 5.12. The molecular formula is C17H18BrN3O4S. The van der Waals surface area contributed by atoms with Crippen molar-refractivity contribution in [2.45, 2.75) is 18.2 Å². The minimum absolute atomic E-state index is 0.0216. The number of primary sulfonamides is 1. The zero-order chi connectivity index (χ0) is 19.3. The lowest BCUT2D eigenvalue weighted by molar-refractivity contribution is -0.136. The number of rotatable bonds is 5. The van der Waals surface area contributed by atoms with E-state index in [9.17, 15) is 18.0 Å². The lowest BCUT2D eigenvalue weighted by atomic mass is 10.1. The SMILES string of the molecule is Cc1ccc(NC(=O)C(=O)NCCc2ccc(S(N)(=O)=O)cc2)c(Br)c1. The van der Waals surface area contributed by atoms with Crippen LogP contribution in [-0.4, -0.2) is 26.8 Å². The van der Waals surface area contributed by atoms with Gasteiger partial charge >= 0.3 is 11.8 Å². The van der Waals surface area contributed by atoms with Gasteiger partial charge in [-0.3, -0.25) is 9.59 Å². The van der Waals surface area contributed by atoms with Crippen LogP contribution in [0, 0.1) is 6.92 Å². The van der Waals surface area contributed by atoms with Gasteiger partial charge in [-0.1, -0.05) is 18.2 Å². The summed E-state index contributed by atoms with van der Waals surface area (Å²) in [4.78, 5) is 23.8. The molecule has 0 fully saturated rings. The lowest BCUT2D eigenvalue weighted by Gasteiger charge is -2.09. The molecule has 0 saturated carbocycles. The van der Waals surface area contributed by atoms with E-state index in [4.69, 9.17) is 5.14 Å². The van der Waals surface area contributed by atoms with Crippen molar-refractivity contribution in [1.29, 1.82) is 0 Å². The smallest absolute Gasteiger partial charge is 0.313 e. The van der Waals surface area contributed by atoms with Gasteiger partial charge in [0, 0.05) is 11.0 Å². The summed E-state index contributed by atoms with van der Waals surface area (Å²) in [7, 11) is -3.73. The highest BCUT2D eigenvalue weighted by Crippen LogP contribution is 2.23. The van der Waals surface area contributed by atoms with Gasteiger partial charge in [0.2, 0.25) is 10.0 Å². The standard InChI is InChI=1S/C17H18BrN3O4S/c1-11-2-7-15(14(18)10-11)21-17(23)16(22)20-9-8-12-3-5-13(6-4-12)26(19,24)25/h2-7,10H,8-9H2,1H3,(H,20,22)(H,21,23)(H2,19,24,25). The number of nitrogens with one attached hydrogen (secondary N) is 2. The Labute approximate surface area is 160 Å². The van der Waals surface area contributed by atoms with Crippen LogP contribution in [0.25, 0.3) is 0 Å². The van der Waals surface area contributed by atoms with E-state index in [1.165, 1.54) is 12.1 Å². The predicted molar refractivity (Wildman–Crippen MR) is 102 cm³/mol. The molecular weight excluding hydrogens is 422 g/mol. The fourth-order valence-electron chi connectivity index (χ4n) is 2.15. The van der Waals surface area contributed by atoms with Crippen molar-refractivity contribution in [3.63, 3.8) is 0 Å². The van der Waals surface area contributed by atoms with Gasteiger partial charge in [0.25, 0.3) is 0 Å². The van der Waals surface area contributed by atoms with Crippen LogP contribution < -0.4 is 15.8 Å². The van der Waals surface area contributed by atoms with Crippen LogP contribution in [0.2, 0.25) is 0 Å². The Kier molecular flexibility index (Phi) is 6.52. The van der Waals surface area contributed by atoms with Crippen molar-refractivity contribution in [2.24, 2.45) is 5.14 Å². The van der Waals surface area contributed by atoms with Crippen LogP contribution in [0.3, 0.4) is 0 Å². The average Bonchev–Trinajstić information content (AvgIpc) is 2.57. The van der Waals surface area contributed by atoms with Gasteiger partial charge in [-0.2, -0.15) is 0 Å². The first-order valence-corrected chi connectivity index (χ1v) is 9.98. The van der Waals surface area contributed by atoms with Crippen LogP contribution in [0.1, 0.15) is 11.1 Å². The predicted octanol–water partition coefficient (Wildman–Crippen LogP) is 1.70. The molecule has 2 aromatic rings. The number of amides is 2. The second kappa shape index (κ2) is 8.43. The molecule has 0 aliphatic carbocycles. The van der Waals surface area contributed by atoms with E-state index in [-0.39, 0.29) is 11.4 Å². The molecule has 138 valence electrons. The third-order valence-electron chi connectivity index (χ3n) is 3.53. The first kappa shape index (κ1) is 20.1. The molecule has 0 atom stereocenters. The van der Waals surface area contributed by atoms with Crippen LogP contribution in [0.5, 0.6) is 0 Å². The quantitative estimate of drug-likeness (QED) is 0.614. The van der Waals surface area contributed by atoms with Gasteiger partial charge in [0.1, 0.15) is 0 Å². The number of halogens is 1. The van der Waals surface area contributed by atoms with E-state index in [1.807, 2.05) is 19.1 Å². The minimum Gasteiger partial charge on any atom is -0.347 e. The minimum atomic E-state index is -3.73. The molecule has 2 aromatic carbocycles. The maximum atomic E-state index is 11.9. The van der Waals surface area contributed by atoms with E-state index in [2.05, 4.69) is 26.6 Å². The Balaban J connectivity index is 1.85. The number of aryl methyl sites for hydroxylation is 1. The Morgan fingerprint density at radius 1 is 1.08 bits per heavy atom. The second-order valence-corrected chi connectivity index (χ2v) is 8.05. The highest BCUT2D eigenvalue weighted by Gasteiger charge is 2.14. The van der Waals surface area contributed by atoms with Gasteiger partial charge in [-0.25, -0.2) is 13.6 Å². The third kappa shape index (κ3) is 5.65. The van der Waals surface area contributed by atoms with Crippen LogP contribution in [0.4, 0.5) is 5.69 Å². The van der Waals surface area contributed by atoms with Crippen LogP contribution in [0.15, 0.2) is 51.8 Å². The molecule has 7 nitrogen and oxygen atoms in total. The number of sulfonamides is 1. The number of hydrogen-bond donors (Lipinski definition) is 3. The average molecular weight is 440 g/mol. The molecule has 0 unspecified atom stereocenters. The molecule has 0 radical (unpaired) electrons. The summed E-state index contributed by atoms with van der Waals surface area (Å²) < 4.78 is 23.1. The second-order valence-electron chi connectivity index (χ2n) is 5.63. The Bertz CT molecular complexity index is 928. The molecule has 0 aromatic heterocycles. The van der Waals surface area contributed by atoms with Crippen molar-refractivity contribution in [3.8, 4) is 0 Å². The number of nitrogens with two attached hydrogens (primary N) is 1.